The summed E-state index contributed by atoms with van der Waals surface area (Å²) in [4.78, 5) is 41.9. The molecule has 10 nitrogen and oxygen atoms in total. The van der Waals surface area contributed by atoms with Crippen LogP contribution in [0.3, 0.4) is 0 Å². The molecule has 40 heavy (non-hydrogen) atoms. The lowest BCUT2D eigenvalue weighted by molar-refractivity contribution is -0.384. The van der Waals surface area contributed by atoms with Gasteiger partial charge in [0.2, 0.25) is 9.84 Å². The number of aliphatic hydroxyl groups is 1. The van der Waals surface area contributed by atoms with E-state index in [1.807, 2.05) is 6.92 Å². The van der Waals surface area contributed by atoms with Crippen LogP contribution in [0, 0.1) is 17.0 Å². The number of Topliss-reactive ketones (excluding diaryl/α,β-unsaturated/α-hetero) is 1. The molecule has 1 aliphatic heterocycles. The van der Waals surface area contributed by atoms with Crippen LogP contribution >= 0.6 is 22.9 Å². The van der Waals surface area contributed by atoms with Gasteiger partial charge >= 0.3 is 5.91 Å². The fourth-order valence-corrected chi connectivity index (χ4v) is 6.98. The standard InChI is InChI=1S/C27H18ClN3O7S2/c1-15-5-7-16(8-6-15)24(32)22-23(17-3-2-4-18(28)13-17)30(26(34)25(22)33)27-29-14-21(39-27)40(37,38)20-11-9-19(10-12-20)31(35)36/h2-14,23,32H,1H3/b24-22+. The summed E-state index contributed by atoms with van der Waals surface area (Å²) in [6, 6.07) is 16.3. The van der Waals surface area contributed by atoms with Gasteiger partial charge in [0.05, 0.1) is 27.6 Å². The van der Waals surface area contributed by atoms with Crippen molar-refractivity contribution in [2.24, 2.45) is 0 Å². The quantitative estimate of drug-likeness (QED) is 0.101. The Kier molecular flexibility index (Phi) is 7.00. The summed E-state index contributed by atoms with van der Waals surface area (Å²) in [5, 5.41) is 22.4. The van der Waals surface area contributed by atoms with Crippen molar-refractivity contribution in [2.75, 3.05) is 4.90 Å². The first-order chi connectivity index (χ1) is 19.0. The van der Waals surface area contributed by atoms with Crippen molar-refractivity contribution < 1.29 is 28.0 Å². The Balaban J connectivity index is 1.62. The molecule has 2 heterocycles. The van der Waals surface area contributed by atoms with Gasteiger partial charge in [-0.05, 0) is 36.8 Å². The molecule has 1 aromatic heterocycles. The topological polar surface area (TPSA) is 148 Å². The summed E-state index contributed by atoms with van der Waals surface area (Å²) < 4.78 is 26.2. The van der Waals surface area contributed by atoms with E-state index in [1.165, 1.54) is 6.07 Å². The minimum Gasteiger partial charge on any atom is -0.507 e. The van der Waals surface area contributed by atoms with Crippen LogP contribution in [-0.2, 0) is 19.4 Å². The van der Waals surface area contributed by atoms with Crippen molar-refractivity contribution in [2.45, 2.75) is 22.1 Å². The molecule has 1 fully saturated rings. The number of nitrogens with zero attached hydrogens (tertiary/aromatic N) is 3. The fourth-order valence-electron chi connectivity index (χ4n) is 4.24. The van der Waals surface area contributed by atoms with Crippen LogP contribution in [0.2, 0.25) is 5.02 Å². The number of halogens is 1. The van der Waals surface area contributed by atoms with Gasteiger partial charge in [-0.15, -0.1) is 0 Å². The third kappa shape index (κ3) is 4.76. The maximum atomic E-state index is 13.4. The zero-order valence-corrected chi connectivity index (χ0v) is 22.9. The van der Waals surface area contributed by atoms with Gasteiger partial charge in [0, 0.05) is 22.7 Å². The molecule has 3 aromatic carbocycles. The maximum absolute atomic E-state index is 13.4. The Hall–Kier alpha value is -4.39. The lowest BCUT2D eigenvalue weighted by atomic mass is 9.95. The number of non-ortho nitro benzene ring substituents is 1. The second-order valence-corrected chi connectivity index (χ2v) is 12.4. The molecule has 202 valence electrons. The predicted molar refractivity (Wildman–Crippen MR) is 148 cm³/mol. The average Bonchev–Trinajstić information content (AvgIpc) is 3.52. The number of rotatable bonds is 6. The maximum Gasteiger partial charge on any atom is 0.301 e. The van der Waals surface area contributed by atoms with Gasteiger partial charge in [0.1, 0.15) is 9.97 Å². The fraction of sp³-hybridized carbons (Fsp3) is 0.0741. The van der Waals surface area contributed by atoms with Crippen molar-refractivity contribution in [3.05, 3.63) is 116 Å². The number of benzene rings is 3. The predicted octanol–water partition coefficient (Wildman–Crippen LogP) is 5.47. The van der Waals surface area contributed by atoms with Gasteiger partial charge in [0.25, 0.3) is 11.5 Å². The number of anilines is 1. The van der Waals surface area contributed by atoms with E-state index in [0.29, 0.717) is 27.5 Å². The van der Waals surface area contributed by atoms with Gasteiger partial charge in [-0.2, -0.15) is 0 Å². The zero-order valence-electron chi connectivity index (χ0n) is 20.5. The van der Waals surface area contributed by atoms with Crippen molar-refractivity contribution in [3.8, 4) is 0 Å². The largest absolute Gasteiger partial charge is 0.507 e. The number of nitro groups is 1. The van der Waals surface area contributed by atoms with Crippen molar-refractivity contribution in [1.29, 1.82) is 0 Å². The van der Waals surface area contributed by atoms with E-state index in [2.05, 4.69) is 4.98 Å². The highest BCUT2D eigenvalue weighted by Gasteiger charge is 2.48. The number of ketones is 1. The Morgan fingerprint density at radius 2 is 1.75 bits per heavy atom. The first kappa shape index (κ1) is 27.2. The second-order valence-electron chi connectivity index (χ2n) is 8.81. The van der Waals surface area contributed by atoms with E-state index >= 15 is 0 Å². The average molecular weight is 596 g/mol. The summed E-state index contributed by atoms with van der Waals surface area (Å²) in [7, 11) is -4.16. The Morgan fingerprint density at radius 3 is 2.38 bits per heavy atom. The van der Waals surface area contributed by atoms with E-state index in [1.54, 1.807) is 42.5 Å². The summed E-state index contributed by atoms with van der Waals surface area (Å²) in [5.74, 6) is -2.38. The van der Waals surface area contributed by atoms with Crippen LogP contribution in [0.15, 0.2) is 93.7 Å². The molecule has 1 atom stereocenters. The number of aromatic nitrogens is 1. The zero-order chi connectivity index (χ0) is 28.8. The normalized spacial score (nSPS) is 16.9. The van der Waals surface area contributed by atoms with Gasteiger partial charge in [-0.3, -0.25) is 24.6 Å². The highest BCUT2D eigenvalue weighted by atomic mass is 35.5. The molecule has 1 unspecified atom stereocenters. The highest BCUT2D eigenvalue weighted by Crippen LogP contribution is 2.44. The summed E-state index contributed by atoms with van der Waals surface area (Å²) in [5.41, 5.74) is 1.16. The molecule has 0 radical (unpaired) electrons. The Bertz CT molecular complexity index is 1820. The van der Waals surface area contributed by atoms with E-state index in [-0.39, 0.29) is 25.5 Å². The van der Waals surface area contributed by atoms with E-state index < -0.39 is 38.3 Å². The Labute approximate surface area is 236 Å². The first-order valence-electron chi connectivity index (χ1n) is 11.6. The van der Waals surface area contributed by atoms with Crippen LogP contribution in [0.25, 0.3) is 5.76 Å². The summed E-state index contributed by atoms with van der Waals surface area (Å²) in [6.07, 6.45) is 1.05. The van der Waals surface area contributed by atoms with E-state index in [0.717, 1.165) is 40.9 Å². The van der Waals surface area contributed by atoms with Crippen LogP contribution in [0.4, 0.5) is 10.8 Å². The minimum atomic E-state index is -4.16. The second kappa shape index (κ2) is 10.3. The highest BCUT2D eigenvalue weighted by molar-refractivity contribution is 7.93. The van der Waals surface area contributed by atoms with E-state index in [4.69, 9.17) is 11.6 Å². The monoisotopic (exact) mass is 595 g/mol. The van der Waals surface area contributed by atoms with Gasteiger partial charge in [-0.1, -0.05) is 64.9 Å². The third-order valence-electron chi connectivity index (χ3n) is 6.23. The van der Waals surface area contributed by atoms with Crippen LogP contribution in [0.1, 0.15) is 22.7 Å². The van der Waals surface area contributed by atoms with Crippen LogP contribution in [0.5, 0.6) is 0 Å². The molecule has 1 N–H and O–H groups in total. The molecule has 0 saturated carbocycles. The number of hydrogen-bond acceptors (Lipinski definition) is 9. The lowest BCUT2D eigenvalue weighted by Crippen LogP contribution is -2.29. The van der Waals surface area contributed by atoms with Crippen molar-refractivity contribution in [3.63, 3.8) is 0 Å². The number of hydrogen-bond donors (Lipinski definition) is 1. The number of nitro benzene ring substituents is 1. The Morgan fingerprint density at radius 1 is 1.07 bits per heavy atom. The summed E-state index contributed by atoms with van der Waals surface area (Å²) in [6.45, 7) is 1.86. The number of thiazole rings is 1. The molecule has 13 heteroatoms. The molecular formula is C27H18ClN3O7S2. The SMILES string of the molecule is Cc1ccc(/C(O)=C2\C(=O)C(=O)N(c3ncc(S(=O)(=O)c4ccc([N+](=O)[O-])cc4)s3)C2c2cccc(Cl)c2)cc1. The number of amides is 1. The number of sulfone groups is 1. The lowest BCUT2D eigenvalue weighted by Gasteiger charge is -2.23. The molecule has 0 aliphatic carbocycles. The number of carbonyl (C=O) groups is 2. The minimum absolute atomic E-state index is 0.101. The molecule has 4 aromatic rings. The smallest absolute Gasteiger partial charge is 0.301 e. The number of aryl methyl sites for hydroxylation is 1. The van der Waals surface area contributed by atoms with Crippen molar-refractivity contribution >= 4 is 61.0 Å². The number of aliphatic hydroxyl groups excluding tert-OH is 1. The molecule has 0 bridgehead atoms. The summed E-state index contributed by atoms with van der Waals surface area (Å²) >= 11 is 6.86. The molecule has 1 amide bonds. The molecule has 5 rings (SSSR count). The first-order valence-corrected chi connectivity index (χ1v) is 14.3. The van der Waals surface area contributed by atoms with Crippen LogP contribution in [-0.4, -0.2) is 35.1 Å². The van der Waals surface area contributed by atoms with Gasteiger partial charge in [0.15, 0.2) is 5.13 Å². The molecule has 1 saturated heterocycles. The molecule has 0 spiro atoms. The van der Waals surface area contributed by atoms with E-state index in [9.17, 15) is 33.2 Å². The van der Waals surface area contributed by atoms with Gasteiger partial charge in [-0.25, -0.2) is 13.4 Å². The molecular weight excluding hydrogens is 578 g/mol. The third-order valence-corrected chi connectivity index (χ3v) is 9.70. The van der Waals surface area contributed by atoms with Gasteiger partial charge < -0.3 is 5.11 Å². The van der Waals surface area contributed by atoms with Crippen LogP contribution < -0.4 is 4.90 Å². The van der Waals surface area contributed by atoms with Crippen molar-refractivity contribution in [1.82, 2.24) is 4.98 Å². The molecule has 1 aliphatic rings. The number of carbonyl (C=O) groups excluding carboxylic acids is 2.